The maximum absolute atomic E-state index is 12.7. The second-order valence-electron chi connectivity index (χ2n) is 7.49. The first-order valence-corrected chi connectivity index (χ1v) is 9.11. The van der Waals surface area contributed by atoms with Crippen molar-refractivity contribution in [2.75, 3.05) is 13.1 Å². The molecule has 1 N–H and O–H groups in total. The number of benzene rings is 1. The molecule has 2 atom stereocenters. The third-order valence-corrected chi connectivity index (χ3v) is 5.81. The van der Waals surface area contributed by atoms with Crippen LogP contribution >= 0.6 is 0 Å². The number of H-pyrrole nitrogens is 1. The van der Waals surface area contributed by atoms with Gasteiger partial charge in [0, 0.05) is 25.0 Å². The van der Waals surface area contributed by atoms with Crippen molar-refractivity contribution in [2.45, 2.75) is 45.1 Å². The molecule has 1 aromatic carbocycles. The molecular formula is C19H25N3O2. The van der Waals surface area contributed by atoms with Crippen LogP contribution < -0.4 is 5.69 Å². The molecule has 2 aromatic rings. The fraction of sp³-hybridized carbons (Fsp3) is 0.579. The number of hydrogen-bond acceptors (Lipinski definition) is 2. The smallest absolute Gasteiger partial charge is 0.326 e. The van der Waals surface area contributed by atoms with Crippen LogP contribution in [0, 0.1) is 11.8 Å². The summed E-state index contributed by atoms with van der Waals surface area (Å²) in [4.78, 5) is 30.0. The minimum Gasteiger partial charge on any atom is -0.342 e. The Bertz CT molecular complexity index is 798. The Balaban J connectivity index is 1.47. The molecule has 2 unspecified atom stereocenters. The lowest BCUT2D eigenvalue weighted by Crippen LogP contribution is -2.42. The number of nitrogens with zero attached hydrogens (tertiary/aromatic N) is 2. The summed E-state index contributed by atoms with van der Waals surface area (Å²) < 4.78 is 1.88. The number of fused-ring (bicyclic) bond motifs is 1. The zero-order valence-electron chi connectivity index (χ0n) is 14.2. The van der Waals surface area contributed by atoms with E-state index < -0.39 is 0 Å². The molecule has 0 bridgehead atoms. The Hall–Kier alpha value is -2.04. The van der Waals surface area contributed by atoms with Crippen LogP contribution in [0.25, 0.3) is 11.0 Å². The van der Waals surface area contributed by atoms with Gasteiger partial charge in [-0.25, -0.2) is 4.79 Å². The van der Waals surface area contributed by atoms with Gasteiger partial charge in [0.1, 0.15) is 0 Å². The number of piperidine rings is 1. The van der Waals surface area contributed by atoms with Crippen LogP contribution in [-0.4, -0.2) is 33.4 Å². The van der Waals surface area contributed by atoms with E-state index >= 15 is 0 Å². The van der Waals surface area contributed by atoms with E-state index in [0.29, 0.717) is 11.8 Å². The third-order valence-electron chi connectivity index (χ3n) is 5.81. The van der Waals surface area contributed by atoms with E-state index in [0.717, 1.165) is 49.8 Å². The van der Waals surface area contributed by atoms with Crippen molar-refractivity contribution in [1.29, 1.82) is 0 Å². The summed E-state index contributed by atoms with van der Waals surface area (Å²) in [5.74, 6) is 1.25. The largest absolute Gasteiger partial charge is 0.342 e. The number of likely N-dealkylation sites (tertiary alicyclic amines) is 1. The first kappa shape index (κ1) is 15.5. The average molecular weight is 327 g/mol. The quantitative estimate of drug-likeness (QED) is 0.922. The summed E-state index contributed by atoms with van der Waals surface area (Å²) in [5, 5.41) is 0. The molecule has 1 saturated carbocycles. The molecule has 1 aliphatic carbocycles. The molecular weight excluding hydrogens is 302 g/mol. The van der Waals surface area contributed by atoms with Gasteiger partial charge in [0.05, 0.1) is 11.0 Å². The molecule has 1 saturated heterocycles. The van der Waals surface area contributed by atoms with Crippen molar-refractivity contribution in [3.63, 3.8) is 0 Å². The van der Waals surface area contributed by atoms with E-state index in [2.05, 4.69) is 11.9 Å². The van der Waals surface area contributed by atoms with Crippen molar-refractivity contribution < 1.29 is 4.79 Å². The van der Waals surface area contributed by atoms with Crippen molar-refractivity contribution in [2.24, 2.45) is 11.8 Å². The van der Waals surface area contributed by atoms with E-state index in [1.165, 1.54) is 6.42 Å². The van der Waals surface area contributed by atoms with Crippen LogP contribution in [0.15, 0.2) is 29.1 Å². The molecule has 24 heavy (non-hydrogen) atoms. The summed E-state index contributed by atoms with van der Waals surface area (Å²) in [6, 6.07) is 8.01. The second-order valence-corrected chi connectivity index (χ2v) is 7.49. The number of aromatic amines is 1. The second kappa shape index (κ2) is 6.11. The average Bonchev–Trinajstić information content (AvgIpc) is 3.17. The van der Waals surface area contributed by atoms with Crippen LogP contribution in [0.4, 0.5) is 0 Å². The van der Waals surface area contributed by atoms with Gasteiger partial charge in [-0.3, -0.25) is 9.36 Å². The van der Waals surface area contributed by atoms with Gasteiger partial charge >= 0.3 is 5.69 Å². The standard InChI is InChI=1S/C19H25N3O2/c1-13-6-7-14(12-13)18(23)21-10-8-15(9-11-21)22-17-5-3-2-4-16(17)20-19(22)24/h2-5,13-15H,6-12H2,1H3,(H,20,24). The number of nitrogens with one attached hydrogen (secondary N) is 1. The van der Waals surface area contributed by atoms with Gasteiger partial charge in [0.25, 0.3) is 0 Å². The van der Waals surface area contributed by atoms with E-state index in [4.69, 9.17) is 0 Å². The highest BCUT2D eigenvalue weighted by molar-refractivity contribution is 5.79. The molecule has 2 aliphatic rings. The molecule has 1 aliphatic heterocycles. The number of carbonyl (C=O) groups excluding carboxylic acids is 1. The Morgan fingerprint density at radius 3 is 2.58 bits per heavy atom. The Morgan fingerprint density at radius 1 is 1.12 bits per heavy atom. The normalized spacial score (nSPS) is 25.5. The highest BCUT2D eigenvalue weighted by Crippen LogP contribution is 2.33. The Morgan fingerprint density at radius 2 is 1.88 bits per heavy atom. The fourth-order valence-electron chi connectivity index (χ4n) is 4.47. The SMILES string of the molecule is CC1CCC(C(=O)N2CCC(n3c(=O)[nH]c4ccccc43)CC2)C1. The summed E-state index contributed by atoms with van der Waals surface area (Å²) >= 11 is 0. The number of rotatable bonds is 2. The van der Waals surface area contributed by atoms with E-state index in [9.17, 15) is 9.59 Å². The van der Waals surface area contributed by atoms with Gasteiger partial charge in [0.2, 0.25) is 5.91 Å². The minimum atomic E-state index is -0.0365. The Labute approximate surface area is 141 Å². The lowest BCUT2D eigenvalue weighted by Gasteiger charge is -2.34. The van der Waals surface area contributed by atoms with Crippen molar-refractivity contribution in [3.8, 4) is 0 Å². The predicted octanol–water partition coefficient (Wildman–Crippen LogP) is 2.93. The van der Waals surface area contributed by atoms with Gasteiger partial charge < -0.3 is 9.88 Å². The van der Waals surface area contributed by atoms with E-state index in [1.807, 2.05) is 33.7 Å². The number of imidazole rings is 1. The minimum absolute atomic E-state index is 0.0365. The number of amides is 1. The number of para-hydroxylation sites is 2. The first-order chi connectivity index (χ1) is 11.6. The fourth-order valence-corrected chi connectivity index (χ4v) is 4.47. The maximum Gasteiger partial charge on any atom is 0.326 e. The molecule has 1 amide bonds. The van der Waals surface area contributed by atoms with Crippen molar-refractivity contribution in [1.82, 2.24) is 14.5 Å². The molecule has 128 valence electrons. The van der Waals surface area contributed by atoms with Crippen LogP contribution in [0.1, 0.15) is 45.1 Å². The molecule has 1 aromatic heterocycles. The lowest BCUT2D eigenvalue weighted by molar-refractivity contribution is -0.136. The zero-order valence-corrected chi connectivity index (χ0v) is 14.2. The molecule has 5 heteroatoms. The van der Waals surface area contributed by atoms with Gasteiger partial charge in [-0.1, -0.05) is 19.1 Å². The summed E-state index contributed by atoms with van der Waals surface area (Å²) in [6.45, 7) is 3.77. The molecule has 0 spiro atoms. The van der Waals surface area contributed by atoms with Crippen LogP contribution in [0.5, 0.6) is 0 Å². The topological polar surface area (TPSA) is 58.1 Å². The van der Waals surface area contributed by atoms with Crippen LogP contribution in [0.3, 0.4) is 0 Å². The van der Waals surface area contributed by atoms with Crippen LogP contribution in [-0.2, 0) is 4.79 Å². The lowest BCUT2D eigenvalue weighted by atomic mass is 10.00. The number of hydrogen-bond donors (Lipinski definition) is 1. The molecule has 2 heterocycles. The maximum atomic E-state index is 12.7. The van der Waals surface area contributed by atoms with Gasteiger partial charge in [-0.2, -0.15) is 0 Å². The van der Waals surface area contributed by atoms with E-state index in [-0.39, 0.29) is 17.6 Å². The van der Waals surface area contributed by atoms with Gasteiger partial charge in [-0.15, -0.1) is 0 Å². The highest BCUT2D eigenvalue weighted by atomic mass is 16.2. The number of aromatic nitrogens is 2. The summed E-state index contributed by atoms with van der Waals surface area (Å²) in [5.41, 5.74) is 1.82. The van der Waals surface area contributed by atoms with Crippen molar-refractivity contribution in [3.05, 3.63) is 34.7 Å². The molecule has 0 radical (unpaired) electrons. The Kier molecular flexibility index (Phi) is 3.94. The monoisotopic (exact) mass is 327 g/mol. The number of carbonyl (C=O) groups is 1. The van der Waals surface area contributed by atoms with Crippen molar-refractivity contribution >= 4 is 16.9 Å². The predicted molar refractivity (Wildman–Crippen MR) is 93.9 cm³/mol. The summed E-state index contributed by atoms with van der Waals surface area (Å²) in [7, 11) is 0. The van der Waals surface area contributed by atoms with Gasteiger partial charge in [0.15, 0.2) is 0 Å². The first-order valence-electron chi connectivity index (χ1n) is 9.11. The summed E-state index contributed by atoms with van der Waals surface area (Å²) in [6.07, 6.45) is 4.98. The molecule has 4 rings (SSSR count). The molecule has 2 fully saturated rings. The zero-order chi connectivity index (χ0) is 16.7. The highest BCUT2D eigenvalue weighted by Gasteiger charge is 2.33. The van der Waals surface area contributed by atoms with E-state index in [1.54, 1.807) is 0 Å². The van der Waals surface area contributed by atoms with Crippen LogP contribution in [0.2, 0.25) is 0 Å². The van der Waals surface area contributed by atoms with Gasteiger partial charge in [-0.05, 0) is 50.2 Å². The third kappa shape index (κ3) is 2.66. The molecule has 5 nitrogen and oxygen atoms in total.